The highest BCUT2D eigenvalue weighted by atomic mass is 35.5. The van der Waals surface area contributed by atoms with Crippen LogP contribution in [0.3, 0.4) is 0 Å². The van der Waals surface area contributed by atoms with Crippen molar-refractivity contribution in [3.63, 3.8) is 0 Å². The van der Waals surface area contributed by atoms with Crippen LogP contribution in [0, 0.1) is 0 Å². The zero-order valence-electron chi connectivity index (χ0n) is 17.0. The maximum atomic E-state index is 12.6. The van der Waals surface area contributed by atoms with Gasteiger partial charge in [-0.3, -0.25) is 4.79 Å². The summed E-state index contributed by atoms with van der Waals surface area (Å²) in [6, 6.07) is 12.6. The predicted octanol–water partition coefficient (Wildman–Crippen LogP) is 4.47. The summed E-state index contributed by atoms with van der Waals surface area (Å²) in [5, 5.41) is 4.61. The summed E-state index contributed by atoms with van der Waals surface area (Å²) in [4.78, 5) is 18.6. The van der Waals surface area contributed by atoms with Crippen LogP contribution in [-0.4, -0.2) is 41.7 Å². The molecule has 0 spiro atoms. The number of amides is 1. The van der Waals surface area contributed by atoms with E-state index in [0.29, 0.717) is 34.8 Å². The zero-order valence-corrected chi connectivity index (χ0v) is 17.7. The van der Waals surface area contributed by atoms with Gasteiger partial charge in [0.15, 0.2) is 11.5 Å². The van der Waals surface area contributed by atoms with Gasteiger partial charge in [-0.15, -0.1) is 0 Å². The largest absolute Gasteiger partial charge is 0.493 e. The number of carbonyl (C=O) groups excluding carboxylic acids is 1. The number of nitrogens with zero attached hydrogens (tertiary/aromatic N) is 3. The van der Waals surface area contributed by atoms with E-state index in [-0.39, 0.29) is 12.5 Å². The molecule has 3 aromatic rings. The summed E-state index contributed by atoms with van der Waals surface area (Å²) in [7, 11) is 3.14. The van der Waals surface area contributed by atoms with Gasteiger partial charge in [-0.05, 0) is 55.0 Å². The molecule has 2 aromatic carbocycles. The van der Waals surface area contributed by atoms with Gasteiger partial charge in [0.25, 0.3) is 0 Å². The van der Waals surface area contributed by atoms with Crippen molar-refractivity contribution in [3.8, 4) is 22.9 Å². The van der Waals surface area contributed by atoms with E-state index in [2.05, 4.69) is 10.1 Å². The quantitative estimate of drug-likeness (QED) is 0.493. The van der Waals surface area contributed by atoms with Crippen molar-refractivity contribution in [2.24, 2.45) is 0 Å². The number of rotatable bonds is 8. The molecule has 0 saturated carbocycles. The molecule has 0 aliphatic rings. The molecule has 1 amide bonds. The number of carbonyl (C=O) groups is 1. The fraction of sp³-hybridized carbons (Fsp3) is 0.227. The molecular weight excluding hydrogens is 406 g/mol. The molecule has 0 atom stereocenters. The topological polar surface area (TPSA) is 77.7 Å². The monoisotopic (exact) mass is 427 g/mol. The van der Waals surface area contributed by atoms with E-state index in [4.69, 9.17) is 25.6 Å². The van der Waals surface area contributed by atoms with Crippen molar-refractivity contribution in [3.05, 3.63) is 65.0 Å². The first-order chi connectivity index (χ1) is 14.5. The summed E-state index contributed by atoms with van der Waals surface area (Å²) in [5.74, 6) is 1.86. The number of benzene rings is 2. The van der Waals surface area contributed by atoms with Crippen LogP contribution in [0.5, 0.6) is 11.5 Å². The fourth-order valence-corrected chi connectivity index (χ4v) is 2.90. The van der Waals surface area contributed by atoms with Gasteiger partial charge in [-0.1, -0.05) is 22.8 Å². The number of aromatic nitrogens is 2. The van der Waals surface area contributed by atoms with Gasteiger partial charge < -0.3 is 18.9 Å². The Kier molecular flexibility index (Phi) is 7.08. The molecule has 7 nitrogen and oxygen atoms in total. The van der Waals surface area contributed by atoms with Crippen LogP contribution >= 0.6 is 11.6 Å². The van der Waals surface area contributed by atoms with Crippen LogP contribution in [-0.2, 0) is 11.3 Å². The average Bonchev–Trinajstić information content (AvgIpc) is 3.24. The molecule has 0 fully saturated rings. The molecule has 30 heavy (non-hydrogen) atoms. The second-order valence-electron chi connectivity index (χ2n) is 6.32. The van der Waals surface area contributed by atoms with E-state index in [9.17, 15) is 4.79 Å². The third kappa shape index (κ3) is 5.18. The van der Waals surface area contributed by atoms with Crippen molar-refractivity contribution in [2.45, 2.75) is 13.5 Å². The molecule has 0 radical (unpaired) electrons. The van der Waals surface area contributed by atoms with Crippen LogP contribution < -0.4 is 9.47 Å². The van der Waals surface area contributed by atoms with E-state index in [1.165, 1.54) is 6.08 Å². The number of methoxy groups -OCH3 is 2. The van der Waals surface area contributed by atoms with Crippen molar-refractivity contribution < 1.29 is 18.8 Å². The lowest BCUT2D eigenvalue weighted by Crippen LogP contribution is -2.28. The molecule has 0 aliphatic heterocycles. The van der Waals surface area contributed by atoms with Gasteiger partial charge in [0.05, 0.1) is 14.2 Å². The Morgan fingerprint density at radius 2 is 1.87 bits per heavy atom. The number of hydrogen-bond acceptors (Lipinski definition) is 6. The molecule has 156 valence electrons. The van der Waals surface area contributed by atoms with E-state index >= 15 is 0 Å². The highest BCUT2D eigenvalue weighted by Gasteiger charge is 2.15. The minimum atomic E-state index is -0.168. The summed E-state index contributed by atoms with van der Waals surface area (Å²) in [5.41, 5.74) is 1.61. The Labute approximate surface area is 179 Å². The van der Waals surface area contributed by atoms with Crippen LogP contribution in [0.1, 0.15) is 18.4 Å². The van der Waals surface area contributed by atoms with Gasteiger partial charge in [0.1, 0.15) is 6.54 Å². The molecule has 0 bridgehead atoms. The molecule has 0 N–H and O–H groups in total. The third-order valence-electron chi connectivity index (χ3n) is 4.42. The summed E-state index contributed by atoms with van der Waals surface area (Å²) in [6.45, 7) is 2.60. The Morgan fingerprint density at radius 3 is 2.53 bits per heavy atom. The fourth-order valence-electron chi connectivity index (χ4n) is 2.77. The first-order valence-electron chi connectivity index (χ1n) is 9.31. The Bertz CT molecular complexity index is 1030. The van der Waals surface area contributed by atoms with Crippen LogP contribution in [0.4, 0.5) is 0 Å². The van der Waals surface area contributed by atoms with E-state index in [0.717, 1.165) is 11.1 Å². The van der Waals surface area contributed by atoms with Crippen molar-refractivity contribution in [1.82, 2.24) is 15.0 Å². The third-order valence-corrected chi connectivity index (χ3v) is 4.67. The minimum absolute atomic E-state index is 0.168. The van der Waals surface area contributed by atoms with Gasteiger partial charge >= 0.3 is 0 Å². The van der Waals surface area contributed by atoms with E-state index < -0.39 is 0 Å². The first-order valence-corrected chi connectivity index (χ1v) is 9.69. The van der Waals surface area contributed by atoms with Crippen LogP contribution in [0.15, 0.2) is 53.1 Å². The Hall–Kier alpha value is -3.32. The Balaban J connectivity index is 1.68. The molecule has 0 saturated heterocycles. The number of ether oxygens (including phenoxy) is 2. The summed E-state index contributed by atoms with van der Waals surface area (Å²) < 4.78 is 15.8. The van der Waals surface area contributed by atoms with E-state index in [1.807, 2.05) is 25.1 Å². The van der Waals surface area contributed by atoms with Crippen molar-refractivity contribution in [2.75, 3.05) is 20.8 Å². The van der Waals surface area contributed by atoms with Crippen LogP contribution in [0.25, 0.3) is 17.5 Å². The minimum Gasteiger partial charge on any atom is -0.493 e. The number of halogens is 1. The number of likely N-dealkylation sites (N-methyl/N-ethyl adjacent to an activating group) is 1. The molecule has 0 unspecified atom stereocenters. The van der Waals surface area contributed by atoms with Crippen molar-refractivity contribution in [1.29, 1.82) is 0 Å². The first kappa shape index (κ1) is 21.4. The molecule has 1 aromatic heterocycles. The number of hydrogen-bond donors (Lipinski definition) is 0. The lowest BCUT2D eigenvalue weighted by Gasteiger charge is -2.16. The van der Waals surface area contributed by atoms with Gasteiger partial charge in [-0.2, -0.15) is 4.98 Å². The van der Waals surface area contributed by atoms with Crippen LogP contribution in [0.2, 0.25) is 5.02 Å². The smallest absolute Gasteiger partial charge is 0.247 e. The lowest BCUT2D eigenvalue weighted by atomic mass is 10.2. The second-order valence-corrected chi connectivity index (χ2v) is 6.76. The van der Waals surface area contributed by atoms with Gasteiger partial charge in [-0.25, -0.2) is 0 Å². The maximum absolute atomic E-state index is 12.6. The summed E-state index contributed by atoms with van der Waals surface area (Å²) in [6.07, 6.45) is 3.22. The molecular formula is C22H22ClN3O4. The second kappa shape index (κ2) is 9.93. The summed E-state index contributed by atoms with van der Waals surface area (Å²) >= 11 is 5.90. The highest BCUT2D eigenvalue weighted by molar-refractivity contribution is 6.30. The van der Waals surface area contributed by atoms with Gasteiger partial charge in [0.2, 0.25) is 17.6 Å². The normalized spacial score (nSPS) is 10.9. The van der Waals surface area contributed by atoms with Crippen molar-refractivity contribution >= 4 is 23.6 Å². The SMILES string of the molecule is CCN(Cc1nc(-c2ccc(Cl)cc2)no1)C(=O)/C=C/c1ccc(OC)c(OC)c1. The predicted molar refractivity (Wildman–Crippen MR) is 114 cm³/mol. The molecule has 8 heteroatoms. The maximum Gasteiger partial charge on any atom is 0.247 e. The molecule has 1 heterocycles. The molecule has 3 rings (SSSR count). The average molecular weight is 428 g/mol. The highest BCUT2D eigenvalue weighted by Crippen LogP contribution is 2.28. The lowest BCUT2D eigenvalue weighted by molar-refractivity contribution is -0.126. The standard InChI is InChI=1S/C22H22ClN3O4/c1-4-26(14-20-24-22(25-30-20)16-7-9-17(23)10-8-16)21(27)12-6-15-5-11-18(28-2)19(13-15)29-3/h5-13H,4,14H2,1-3H3/b12-6+. The molecule has 0 aliphatic carbocycles. The Morgan fingerprint density at radius 1 is 1.13 bits per heavy atom. The van der Waals surface area contributed by atoms with Gasteiger partial charge in [0, 0.05) is 23.2 Å². The zero-order chi connectivity index (χ0) is 21.5. The van der Waals surface area contributed by atoms with E-state index in [1.54, 1.807) is 49.5 Å².